The van der Waals surface area contributed by atoms with Crippen molar-refractivity contribution in [1.29, 1.82) is 0 Å². The number of aliphatic hydroxyl groups excluding tert-OH is 2. The largest absolute Gasteiger partial charge is 0.395 e. The molecular formula is C10H22N2O3. The van der Waals surface area contributed by atoms with E-state index in [4.69, 9.17) is 10.2 Å². The number of nitrogens with zero attached hydrogens (tertiary/aromatic N) is 1. The van der Waals surface area contributed by atoms with Crippen LogP contribution in [0.25, 0.3) is 0 Å². The average Bonchev–Trinajstić information content (AvgIpc) is 2.19. The molecule has 0 heterocycles. The fourth-order valence-corrected chi connectivity index (χ4v) is 1.22. The van der Waals surface area contributed by atoms with Crippen LogP contribution in [0.15, 0.2) is 0 Å². The summed E-state index contributed by atoms with van der Waals surface area (Å²) < 4.78 is 0. The molecule has 0 aromatic carbocycles. The molecule has 0 rings (SSSR count). The summed E-state index contributed by atoms with van der Waals surface area (Å²) in [5.41, 5.74) is 0. The zero-order valence-corrected chi connectivity index (χ0v) is 9.41. The number of amides is 1. The first-order valence-electron chi connectivity index (χ1n) is 5.45. The Morgan fingerprint density at radius 2 is 1.87 bits per heavy atom. The van der Waals surface area contributed by atoms with E-state index in [1.165, 1.54) is 0 Å². The molecule has 0 atom stereocenters. The van der Waals surface area contributed by atoms with E-state index in [0.717, 1.165) is 12.8 Å². The Labute approximate surface area is 91.1 Å². The maximum absolute atomic E-state index is 11.4. The second kappa shape index (κ2) is 9.89. The van der Waals surface area contributed by atoms with Gasteiger partial charge in [-0.3, -0.25) is 9.69 Å². The van der Waals surface area contributed by atoms with E-state index in [9.17, 15) is 4.79 Å². The van der Waals surface area contributed by atoms with E-state index in [1.807, 2.05) is 0 Å². The van der Waals surface area contributed by atoms with Crippen molar-refractivity contribution in [3.63, 3.8) is 0 Å². The lowest BCUT2D eigenvalue weighted by Crippen LogP contribution is -2.40. The summed E-state index contributed by atoms with van der Waals surface area (Å²) in [6.45, 7) is 3.84. The Morgan fingerprint density at radius 3 is 2.33 bits per heavy atom. The van der Waals surface area contributed by atoms with Crippen LogP contribution in [0.1, 0.15) is 19.8 Å². The van der Waals surface area contributed by atoms with Crippen molar-refractivity contribution < 1.29 is 15.0 Å². The van der Waals surface area contributed by atoms with Gasteiger partial charge in [0, 0.05) is 19.6 Å². The molecule has 0 bridgehead atoms. The molecule has 0 aromatic heterocycles. The number of hydrogen-bond acceptors (Lipinski definition) is 4. The molecule has 0 saturated carbocycles. The van der Waals surface area contributed by atoms with Gasteiger partial charge in [0.05, 0.1) is 19.8 Å². The normalized spacial score (nSPS) is 10.7. The first-order chi connectivity index (χ1) is 7.24. The van der Waals surface area contributed by atoms with Crippen LogP contribution in [0, 0.1) is 0 Å². The van der Waals surface area contributed by atoms with Crippen LogP contribution in [0.4, 0.5) is 0 Å². The molecule has 0 aromatic rings. The lowest BCUT2D eigenvalue weighted by Gasteiger charge is -2.19. The number of aliphatic hydroxyl groups is 2. The quantitative estimate of drug-likeness (QED) is 0.443. The van der Waals surface area contributed by atoms with Gasteiger partial charge in [0.2, 0.25) is 5.91 Å². The van der Waals surface area contributed by atoms with Gasteiger partial charge in [-0.15, -0.1) is 0 Å². The van der Waals surface area contributed by atoms with Crippen molar-refractivity contribution in [1.82, 2.24) is 10.2 Å². The summed E-state index contributed by atoms with van der Waals surface area (Å²) in [5.74, 6) is -0.0506. The Balaban J connectivity index is 3.67. The molecule has 0 saturated heterocycles. The van der Waals surface area contributed by atoms with Crippen LogP contribution in [-0.4, -0.2) is 60.4 Å². The van der Waals surface area contributed by atoms with Gasteiger partial charge in [0.15, 0.2) is 0 Å². The molecule has 15 heavy (non-hydrogen) atoms. The number of unbranched alkanes of at least 4 members (excludes halogenated alkanes) is 1. The number of hydrogen-bond donors (Lipinski definition) is 3. The van der Waals surface area contributed by atoms with Gasteiger partial charge in [0.1, 0.15) is 0 Å². The van der Waals surface area contributed by atoms with Crippen LogP contribution in [0.3, 0.4) is 0 Å². The van der Waals surface area contributed by atoms with Gasteiger partial charge >= 0.3 is 0 Å². The van der Waals surface area contributed by atoms with Gasteiger partial charge in [0.25, 0.3) is 0 Å². The number of rotatable bonds is 9. The number of carbonyl (C=O) groups is 1. The molecule has 0 radical (unpaired) electrons. The van der Waals surface area contributed by atoms with E-state index in [0.29, 0.717) is 19.6 Å². The third kappa shape index (κ3) is 8.35. The Morgan fingerprint density at radius 1 is 1.27 bits per heavy atom. The molecule has 90 valence electrons. The molecule has 1 amide bonds. The fourth-order valence-electron chi connectivity index (χ4n) is 1.22. The zero-order chi connectivity index (χ0) is 11.5. The molecule has 3 N–H and O–H groups in total. The topological polar surface area (TPSA) is 72.8 Å². The van der Waals surface area contributed by atoms with Crippen LogP contribution in [0.2, 0.25) is 0 Å². The molecule has 5 heteroatoms. The van der Waals surface area contributed by atoms with Crippen molar-refractivity contribution in [3.05, 3.63) is 0 Å². The summed E-state index contributed by atoms with van der Waals surface area (Å²) in [7, 11) is 0. The molecule has 0 spiro atoms. The van der Waals surface area contributed by atoms with Crippen molar-refractivity contribution >= 4 is 5.91 Å². The zero-order valence-electron chi connectivity index (χ0n) is 9.41. The van der Waals surface area contributed by atoms with E-state index in [2.05, 4.69) is 12.2 Å². The summed E-state index contributed by atoms with van der Waals surface area (Å²) in [6, 6.07) is 0. The highest BCUT2D eigenvalue weighted by atomic mass is 16.3. The second-order valence-corrected chi connectivity index (χ2v) is 3.43. The summed E-state index contributed by atoms with van der Waals surface area (Å²) in [4.78, 5) is 13.1. The molecule has 0 aliphatic carbocycles. The van der Waals surface area contributed by atoms with Gasteiger partial charge in [-0.25, -0.2) is 0 Å². The molecule has 0 fully saturated rings. The molecule has 0 aliphatic rings. The minimum Gasteiger partial charge on any atom is -0.395 e. The number of nitrogens with one attached hydrogen (secondary N) is 1. The maximum Gasteiger partial charge on any atom is 0.234 e. The second-order valence-electron chi connectivity index (χ2n) is 3.43. The van der Waals surface area contributed by atoms with Crippen molar-refractivity contribution in [3.8, 4) is 0 Å². The lowest BCUT2D eigenvalue weighted by atomic mass is 10.3. The molecule has 5 nitrogen and oxygen atoms in total. The maximum atomic E-state index is 11.4. The van der Waals surface area contributed by atoms with Gasteiger partial charge in [-0.2, -0.15) is 0 Å². The molecule has 0 unspecified atom stereocenters. The fraction of sp³-hybridized carbons (Fsp3) is 0.900. The smallest absolute Gasteiger partial charge is 0.234 e. The summed E-state index contributed by atoms with van der Waals surface area (Å²) in [5, 5.41) is 20.3. The highest BCUT2D eigenvalue weighted by Gasteiger charge is 2.08. The van der Waals surface area contributed by atoms with Crippen LogP contribution >= 0.6 is 0 Å². The monoisotopic (exact) mass is 218 g/mol. The average molecular weight is 218 g/mol. The summed E-state index contributed by atoms with van der Waals surface area (Å²) >= 11 is 0. The van der Waals surface area contributed by atoms with Crippen LogP contribution < -0.4 is 5.32 Å². The first-order valence-corrected chi connectivity index (χ1v) is 5.45. The van der Waals surface area contributed by atoms with Crippen molar-refractivity contribution in [2.75, 3.05) is 39.4 Å². The first kappa shape index (κ1) is 14.3. The van der Waals surface area contributed by atoms with Crippen molar-refractivity contribution in [2.24, 2.45) is 0 Å². The van der Waals surface area contributed by atoms with E-state index in [-0.39, 0.29) is 25.7 Å². The van der Waals surface area contributed by atoms with Gasteiger partial charge in [-0.05, 0) is 6.42 Å². The Kier molecular flexibility index (Phi) is 9.46. The minimum atomic E-state index is -0.0506. The standard InChI is InChI=1S/C10H22N2O3/c1-2-3-4-11-10(15)9-12(5-7-13)6-8-14/h13-14H,2-9H2,1H3,(H,11,15). The third-order valence-electron chi connectivity index (χ3n) is 2.05. The van der Waals surface area contributed by atoms with Crippen molar-refractivity contribution in [2.45, 2.75) is 19.8 Å². The minimum absolute atomic E-state index is 0.00222. The number of carbonyl (C=O) groups excluding carboxylic acids is 1. The van der Waals surface area contributed by atoms with E-state index in [1.54, 1.807) is 4.90 Å². The molecule has 0 aliphatic heterocycles. The molecular weight excluding hydrogens is 196 g/mol. The SMILES string of the molecule is CCCCNC(=O)CN(CCO)CCO. The van der Waals surface area contributed by atoms with Gasteiger partial charge < -0.3 is 15.5 Å². The Bertz CT molecular complexity index is 159. The van der Waals surface area contributed by atoms with E-state index >= 15 is 0 Å². The van der Waals surface area contributed by atoms with Crippen LogP contribution in [-0.2, 0) is 4.79 Å². The highest BCUT2D eigenvalue weighted by molar-refractivity contribution is 5.77. The van der Waals surface area contributed by atoms with E-state index < -0.39 is 0 Å². The summed E-state index contributed by atoms with van der Waals surface area (Å²) in [6.07, 6.45) is 2.03. The van der Waals surface area contributed by atoms with Gasteiger partial charge in [-0.1, -0.05) is 13.3 Å². The predicted octanol–water partition coefficient (Wildman–Crippen LogP) is -0.811. The lowest BCUT2D eigenvalue weighted by molar-refractivity contribution is -0.122. The Hall–Kier alpha value is -0.650. The van der Waals surface area contributed by atoms with Crippen LogP contribution in [0.5, 0.6) is 0 Å². The third-order valence-corrected chi connectivity index (χ3v) is 2.05. The predicted molar refractivity (Wildman–Crippen MR) is 58.5 cm³/mol. The highest BCUT2D eigenvalue weighted by Crippen LogP contribution is 1.88.